The normalized spacial score (nSPS) is 20.1. The second kappa shape index (κ2) is 6.62. The average Bonchev–Trinajstić information content (AvgIpc) is 3.21. The van der Waals surface area contributed by atoms with E-state index in [1.54, 1.807) is 0 Å². The molecule has 1 fully saturated rings. The van der Waals surface area contributed by atoms with Crippen molar-refractivity contribution in [1.29, 1.82) is 0 Å². The van der Waals surface area contributed by atoms with Crippen LogP contribution < -0.4 is 5.32 Å². The summed E-state index contributed by atoms with van der Waals surface area (Å²) >= 11 is 0. The molecule has 0 radical (unpaired) electrons. The number of aliphatic carboxylic acids is 1. The van der Waals surface area contributed by atoms with Crippen molar-refractivity contribution in [1.82, 2.24) is 5.32 Å². The first kappa shape index (κ1) is 15.4. The number of rotatable bonds is 7. The number of carboxylic acids is 1. The summed E-state index contributed by atoms with van der Waals surface area (Å²) in [6, 6.07) is 3.65. The van der Waals surface area contributed by atoms with Crippen LogP contribution in [0.2, 0.25) is 0 Å². The molecule has 1 saturated carbocycles. The topological polar surface area (TPSA) is 75.6 Å². The molecule has 5 nitrogen and oxygen atoms in total. The molecule has 1 aliphatic carbocycles. The molecular weight excluding hydrogens is 284 g/mol. The number of amides is 1. The van der Waals surface area contributed by atoms with E-state index in [-0.39, 0.29) is 30.9 Å². The maximum absolute atomic E-state index is 13.1. The van der Waals surface area contributed by atoms with Gasteiger partial charge in [-0.15, -0.1) is 0 Å². The Morgan fingerprint density at radius 3 is 2.76 bits per heavy atom. The predicted octanol–water partition coefficient (Wildman–Crippen LogP) is 1.29. The van der Waals surface area contributed by atoms with Crippen LogP contribution in [0.15, 0.2) is 18.2 Å². The van der Waals surface area contributed by atoms with Gasteiger partial charge in [0.05, 0.1) is 6.61 Å². The van der Waals surface area contributed by atoms with Crippen molar-refractivity contribution < 1.29 is 28.2 Å². The minimum absolute atomic E-state index is 0.0972. The summed E-state index contributed by atoms with van der Waals surface area (Å²) in [6.07, 6.45) is 0.590. The molecule has 1 amide bonds. The maximum Gasteiger partial charge on any atom is 0.329 e. The quantitative estimate of drug-likeness (QED) is 0.744. The number of carbonyl (C=O) groups excluding carboxylic acids is 1. The molecule has 2 N–H and O–H groups in total. The molecular formula is C14H15F2NO4. The summed E-state index contributed by atoms with van der Waals surface area (Å²) in [4.78, 5) is 22.0. The average molecular weight is 299 g/mol. The van der Waals surface area contributed by atoms with Gasteiger partial charge in [0.1, 0.15) is 6.61 Å². The molecule has 0 bridgehead atoms. The van der Waals surface area contributed by atoms with Crippen LogP contribution in [-0.2, 0) is 14.3 Å². The number of hydrogen-bond acceptors (Lipinski definition) is 3. The van der Waals surface area contributed by atoms with E-state index in [2.05, 4.69) is 5.32 Å². The Morgan fingerprint density at radius 1 is 1.33 bits per heavy atom. The number of carboxylic acid groups (broad SMARTS) is 1. The van der Waals surface area contributed by atoms with E-state index in [4.69, 9.17) is 9.84 Å². The monoisotopic (exact) mass is 299 g/mol. The Bertz CT molecular complexity index is 550. The molecule has 2 atom stereocenters. The van der Waals surface area contributed by atoms with Crippen LogP contribution >= 0.6 is 0 Å². The highest BCUT2D eigenvalue weighted by molar-refractivity contribution is 5.82. The Labute approximate surface area is 119 Å². The zero-order chi connectivity index (χ0) is 15.4. The van der Waals surface area contributed by atoms with Crippen molar-refractivity contribution in [2.75, 3.05) is 19.8 Å². The predicted molar refractivity (Wildman–Crippen MR) is 68.7 cm³/mol. The summed E-state index contributed by atoms with van der Waals surface area (Å²) in [7, 11) is 0. The number of carbonyl (C=O) groups is 2. The zero-order valence-corrected chi connectivity index (χ0v) is 11.1. The van der Waals surface area contributed by atoms with Crippen molar-refractivity contribution in [3.63, 3.8) is 0 Å². The second-order valence-electron chi connectivity index (χ2n) is 4.86. The molecule has 1 aromatic rings. The van der Waals surface area contributed by atoms with Crippen LogP contribution in [0.4, 0.5) is 8.78 Å². The minimum atomic E-state index is -1.07. The molecule has 114 valence electrons. The van der Waals surface area contributed by atoms with Gasteiger partial charge in [-0.05, 0) is 30.0 Å². The van der Waals surface area contributed by atoms with Crippen LogP contribution in [0.3, 0.4) is 0 Å². The first-order chi connectivity index (χ1) is 9.99. The minimum Gasteiger partial charge on any atom is -0.480 e. The van der Waals surface area contributed by atoms with Crippen LogP contribution in [0.1, 0.15) is 17.9 Å². The Morgan fingerprint density at radius 2 is 2.10 bits per heavy atom. The Kier molecular flexibility index (Phi) is 4.85. The molecule has 0 aliphatic heterocycles. The number of nitrogens with one attached hydrogen (secondary N) is 1. The summed E-state index contributed by atoms with van der Waals surface area (Å²) in [6.45, 7) is -0.0789. The van der Waals surface area contributed by atoms with Crippen molar-refractivity contribution >= 4 is 11.9 Å². The molecule has 0 saturated heterocycles. The number of hydrogen-bond donors (Lipinski definition) is 2. The van der Waals surface area contributed by atoms with Gasteiger partial charge in [-0.2, -0.15) is 0 Å². The van der Waals surface area contributed by atoms with E-state index in [1.165, 1.54) is 6.07 Å². The molecule has 2 unspecified atom stereocenters. The van der Waals surface area contributed by atoms with E-state index in [9.17, 15) is 18.4 Å². The number of halogens is 2. The molecule has 21 heavy (non-hydrogen) atoms. The summed E-state index contributed by atoms with van der Waals surface area (Å²) < 4.78 is 30.7. The largest absolute Gasteiger partial charge is 0.480 e. The van der Waals surface area contributed by atoms with E-state index in [0.717, 1.165) is 12.1 Å². The van der Waals surface area contributed by atoms with Crippen LogP contribution in [-0.4, -0.2) is 36.7 Å². The number of ether oxygens (including phenoxy) is 1. The van der Waals surface area contributed by atoms with Crippen LogP contribution in [0, 0.1) is 17.6 Å². The van der Waals surface area contributed by atoms with Gasteiger partial charge >= 0.3 is 5.97 Å². The lowest BCUT2D eigenvalue weighted by atomic mass is 10.1. The van der Waals surface area contributed by atoms with Crippen molar-refractivity contribution in [3.05, 3.63) is 35.4 Å². The highest BCUT2D eigenvalue weighted by atomic mass is 19.2. The highest BCUT2D eigenvalue weighted by Crippen LogP contribution is 2.47. The van der Waals surface area contributed by atoms with Gasteiger partial charge in [0.15, 0.2) is 11.6 Å². The van der Waals surface area contributed by atoms with Gasteiger partial charge in [0.25, 0.3) is 0 Å². The lowest BCUT2D eigenvalue weighted by molar-refractivity contribution is -0.142. The Hall–Kier alpha value is -2.02. The molecule has 2 rings (SSSR count). The van der Waals surface area contributed by atoms with Gasteiger partial charge < -0.3 is 15.2 Å². The molecule has 0 aromatic heterocycles. The van der Waals surface area contributed by atoms with E-state index in [0.29, 0.717) is 12.0 Å². The van der Waals surface area contributed by atoms with Crippen LogP contribution in [0.5, 0.6) is 0 Å². The third-order valence-electron chi connectivity index (χ3n) is 3.27. The van der Waals surface area contributed by atoms with Gasteiger partial charge in [-0.3, -0.25) is 4.79 Å². The van der Waals surface area contributed by atoms with Crippen molar-refractivity contribution in [2.45, 2.75) is 12.3 Å². The SMILES string of the molecule is O=C(O)COCCNC(=O)C1CC1c1ccc(F)c(F)c1. The van der Waals surface area contributed by atoms with Crippen molar-refractivity contribution in [2.24, 2.45) is 5.92 Å². The molecule has 0 heterocycles. The van der Waals surface area contributed by atoms with Gasteiger partial charge in [0, 0.05) is 12.5 Å². The summed E-state index contributed by atoms with van der Waals surface area (Å²) in [5, 5.41) is 11.0. The van der Waals surface area contributed by atoms with Crippen LogP contribution in [0.25, 0.3) is 0 Å². The summed E-state index contributed by atoms with van der Waals surface area (Å²) in [5.41, 5.74) is 0.608. The number of benzene rings is 1. The first-order valence-corrected chi connectivity index (χ1v) is 6.51. The second-order valence-corrected chi connectivity index (χ2v) is 4.86. The molecule has 7 heteroatoms. The van der Waals surface area contributed by atoms with E-state index in [1.807, 2.05) is 0 Å². The standard InChI is InChI=1S/C14H15F2NO4/c15-11-2-1-8(5-12(11)16)9-6-10(9)14(20)17-3-4-21-7-13(18)19/h1-2,5,9-10H,3-4,6-7H2,(H,17,20)(H,18,19). The molecule has 1 aromatic carbocycles. The Balaban J connectivity index is 1.73. The fourth-order valence-electron chi connectivity index (χ4n) is 2.13. The third-order valence-corrected chi connectivity index (χ3v) is 3.27. The first-order valence-electron chi connectivity index (χ1n) is 6.51. The van der Waals surface area contributed by atoms with Gasteiger partial charge in [0.2, 0.25) is 5.91 Å². The lowest BCUT2D eigenvalue weighted by Gasteiger charge is -2.05. The van der Waals surface area contributed by atoms with Crippen molar-refractivity contribution in [3.8, 4) is 0 Å². The smallest absolute Gasteiger partial charge is 0.329 e. The van der Waals surface area contributed by atoms with E-state index >= 15 is 0 Å². The lowest BCUT2D eigenvalue weighted by Crippen LogP contribution is -2.29. The van der Waals surface area contributed by atoms with Gasteiger partial charge in [-0.1, -0.05) is 6.07 Å². The third kappa shape index (κ3) is 4.22. The molecule has 0 spiro atoms. The fraction of sp³-hybridized carbons (Fsp3) is 0.429. The van der Waals surface area contributed by atoms with Gasteiger partial charge in [-0.25, -0.2) is 13.6 Å². The highest BCUT2D eigenvalue weighted by Gasteiger charge is 2.43. The zero-order valence-electron chi connectivity index (χ0n) is 11.1. The molecule has 1 aliphatic rings. The maximum atomic E-state index is 13.1. The van der Waals surface area contributed by atoms with E-state index < -0.39 is 24.2 Å². The summed E-state index contributed by atoms with van der Waals surface area (Å²) in [5.74, 6) is -3.43. The fourth-order valence-corrected chi connectivity index (χ4v) is 2.13.